The molecule has 0 saturated carbocycles. The van der Waals surface area contributed by atoms with Crippen molar-refractivity contribution in [2.75, 3.05) is 43.9 Å². The second-order valence-electron chi connectivity index (χ2n) is 7.20. The van der Waals surface area contributed by atoms with Crippen molar-refractivity contribution in [2.24, 2.45) is 0 Å². The van der Waals surface area contributed by atoms with E-state index in [0.29, 0.717) is 37.4 Å². The van der Waals surface area contributed by atoms with Crippen molar-refractivity contribution in [1.82, 2.24) is 9.88 Å². The molecule has 1 aliphatic heterocycles. The van der Waals surface area contributed by atoms with Crippen molar-refractivity contribution in [3.05, 3.63) is 48.3 Å². The van der Waals surface area contributed by atoms with Crippen molar-refractivity contribution in [3.8, 4) is 5.75 Å². The van der Waals surface area contributed by atoms with Crippen molar-refractivity contribution < 1.29 is 22.3 Å². The fraction of sp³-hybridized carbons (Fsp3) is 0.333. The first kappa shape index (κ1) is 21.5. The molecule has 10 heteroatoms. The van der Waals surface area contributed by atoms with Crippen LogP contribution in [0.1, 0.15) is 6.42 Å². The Labute approximate surface area is 184 Å². The van der Waals surface area contributed by atoms with Gasteiger partial charge in [-0.3, -0.25) is 4.79 Å². The lowest BCUT2D eigenvalue weighted by Crippen LogP contribution is -2.49. The van der Waals surface area contributed by atoms with Crippen LogP contribution in [-0.2, 0) is 14.6 Å². The summed E-state index contributed by atoms with van der Waals surface area (Å²) in [5.74, 6) is -0.196. The molecule has 0 radical (unpaired) electrons. The molecule has 0 N–H and O–H groups in total. The van der Waals surface area contributed by atoms with Gasteiger partial charge >= 0.3 is 0 Å². The molecule has 0 bridgehead atoms. The highest BCUT2D eigenvalue weighted by molar-refractivity contribution is 7.91. The van der Waals surface area contributed by atoms with E-state index < -0.39 is 9.84 Å². The van der Waals surface area contributed by atoms with Gasteiger partial charge in [0, 0.05) is 32.6 Å². The number of fused-ring (bicyclic) bond motifs is 1. The van der Waals surface area contributed by atoms with E-state index in [1.54, 1.807) is 23.1 Å². The number of aromatic nitrogens is 1. The molecule has 1 aliphatic rings. The monoisotopic (exact) mass is 463 g/mol. The standard InChI is InChI=1S/C21H22FN3O4S2/c1-29-15-5-7-16(8-6-15)31(27,28)14-9-19(26)24-10-12-25(13-11-24)21-23-20-17(22)3-2-4-18(20)30-21/h2-8H,9-14H2,1H3. The number of rotatable bonds is 6. The highest BCUT2D eigenvalue weighted by Crippen LogP contribution is 2.30. The second-order valence-corrected chi connectivity index (χ2v) is 10.3. The number of ether oxygens (including phenoxy) is 1. The number of methoxy groups -OCH3 is 1. The summed E-state index contributed by atoms with van der Waals surface area (Å²) in [6.45, 7) is 2.08. The van der Waals surface area contributed by atoms with Gasteiger partial charge in [-0.1, -0.05) is 17.4 Å². The number of anilines is 1. The van der Waals surface area contributed by atoms with Crippen molar-refractivity contribution in [2.45, 2.75) is 11.3 Å². The Bertz CT molecular complexity index is 1190. The molecule has 31 heavy (non-hydrogen) atoms. The van der Waals surface area contributed by atoms with E-state index >= 15 is 0 Å². The molecule has 164 valence electrons. The van der Waals surface area contributed by atoms with E-state index in [2.05, 4.69) is 4.98 Å². The third-order valence-corrected chi connectivity index (χ3v) is 8.08. The lowest BCUT2D eigenvalue weighted by molar-refractivity contribution is -0.131. The van der Waals surface area contributed by atoms with Crippen LogP contribution in [0, 0.1) is 5.82 Å². The van der Waals surface area contributed by atoms with E-state index in [9.17, 15) is 17.6 Å². The number of halogens is 1. The number of piperazine rings is 1. The fourth-order valence-electron chi connectivity index (χ4n) is 3.47. The topological polar surface area (TPSA) is 79.8 Å². The quantitative estimate of drug-likeness (QED) is 0.559. The number of sulfone groups is 1. The first-order chi connectivity index (χ1) is 14.9. The third kappa shape index (κ3) is 4.64. The number of carbonyl (C=O) groups is 1. The van der Waals surface area contributed by atoms with Crippen LogP contribution in [0.2, 0.25) is 0 Å². The molecule has 1 fully saturated rings. The van der Waals surface area contributed by atoms with Crippen LogP contribution in [0.3, 0.4) is 0 Å². The number of thiazole rings is 1. The van der Waals surface area contributed by atoms with Crippen LogP contribution < -0.4 is 9.64 Å². The van der Waals surface area contributed by atoms with Gasteiger partial charge < -0.3 is 14.5 Å². The summed E-state index contributed by atoms with van der Waals surface area (Å²) in [6.07, 6.45) is -0.0687. The highest BCUT2D eigenvalue weighted by Gasteiger charge is 2.25. The molecule has 0 atom stereocenters. The van der Waals surface area contributed by atoms with Crippen LogP contribution in [-0.4, -0.2) is 63.3 Å². The maximum absolute atomic E-state index is 13.9. The fourth-order valence-corrected chi connectivity index (χ4v) is 5.73. The Hall–Kier alpha value is -2.72. The average Bonchev–Trinajstić information content (AvgIpc) is 3.23. The number of benzene rings is 2. The predicted octanol–water partition coefficient (Wildman–Crippen LogP) is 2.96. The zero-order valence-electron chi connectivity index (χ0n) is 17.0. The van der Waals surface area contributed by atoms with Gasteiger partial charge in [0.1, 0.15) is 17.1 Å². The zero-order chi connectivity index (χ0) is 22.0. The van der Waals surface area contributed by atoms with Crippen LogP contribution in [0.4, 0.5) is 9.52 Å². The highest BCUT2D eigenvalue weighted by atomic mass is 32.2. The molecule has 0 unspecified atom stereocenters. The lowest BCUT2D eigenvalue weighted by atomic mass is 10.3. The predicted molar refractivity (Wildman–Crippen MR) is 118 cm³/mol. The minimum absolute atomic E-state index is 0.0687. The number of hydrogen-bond acceptors (Lipinski definition) is 7. The maximum Gasteiger partial charge on any atom is 0.223 e. The Kier molecular flexibility index (Phi) is 6.10. The minimum atomic E-state index is -3.55. The largest absolute Gasteiger partial charge is 0.497 e. The Balaban J connectivity index is 1.33. The number of nitrogens with zero attached hydrogens (tertiary/aromatic N) is 3. The maximum atomic E-state index is 13.9. The van der Waals surface area contributed by atoms with Crippen LogP contribution >= 0.6 is 11.3 Å². The Morgan fingerprint density at radius 1 is 1.13 bits per heavy atom. The SMILES string of the molecule is COc1ccc(S(=O)(=O)CCC(=O)N2CCN(c3nc4c(F)cccc4s3)CC2)cc1. The average molecular weight is 464 g/mol. The summed E-state index contributed by atoms with van der Waals surface area (Å²) in [4.78, 5) is 20.8. The molecular formula is C21H22FN3O4S2. The van der Waals surface area contributed by atoms with Gasteiger partial charge in [-0.2, -0.15) is 0 Å². The molecule has 1 aromatic heterocycles. The van der Waals surface area contributed by atoms with Crippen molar-refractivity contribution in [3.63, 3.8) is 0 Å². The molecule has 3 aromatic rings. The molecule has 0 spiro atoms. The molecule has 7 nitrogen and oxygen atoms in total. The number of carbonyl (C=O) groups excluding carboxylic acids is 1. The summed E-state index contributed by atoms with van der Waals surface area (Å²) >= 11 is 1.42. The second kappa shape index (κ2) is 8.80. The summed E-state index contributed by atoms with van der Waals surface area (Å²) in [6, 6.07) is 11.0. The molecule has 1 saturated heterocycles. The Morgan fingerprint density at radius 3 is 2.48 bits per heavy atom. The normalized spacial score (nSPS) is 14.8. The molecule has 4 rings (SSSR count). The number of amides is 1. The first-order valence-electron chi connectivity index (χ1n) is 9.82. The van der Waals surface area contributed by atoms with E-state index in [1.807, 2.05) is 11.0 Å². The summed E-state index contributed by atoms with van der Waals surface area (Å²) in [5, 5.41) is 0.731. The van der Waals surface area contributed by atoms with E-state index in [4.69, 9.17) is 4.74 Å². The molecule has 2 aromatic carbocycles. The van der Waals surface area contributed by atoms with Gasteiger partial charge in [-0.25, -0.2) is 17.8 Å². The van der Waals surface area contributed by atoms with Crippen molar-refractivity contribution >= 4 is 42.4 Å². The lowest BCUT2D eigenvalue weighted by Gasteiger charge is -2.34. The zero-order valence-corrected chi connectivity index (χ0v) is 18.6. The summed E-state index contributed by atoms with van der Waals surface area (Å²) in [5.41, 5.74) is 0.366. The number of hydrogen-bond donors (Lipinski definition) is 0. The number of para-hydroxylation sites is 1. The van der Waals surface area contributed by atoms with Gasteiger partial charge in [0.15, 0.2) is 15.0 Å². The van der Waals surface area contributed by atoms with Gasteiger partial charge in [-0.05, 0) is 36.4 Å². The van der Waals surface area contributed by atoms with Crippen LogP contribution in [0.5, 0.6) is 5.75 Å². The van der Waals surface area contributed by atoms with Gasteiger partial charge in [0.25, 0.3) is 0 Å². The molecule has 2 heterocycles. The van der Waals surface area contributed by atoms with E-state index in [-0.39, 0.29) is 28.8 Å². The van der Waals surface area contributed by atoms with Gasteiger partial charge in [0.05, 0.1) is 22.5 Å². The van der Waals surface area contributed by atoms with Crippen LogP contribution in [0.15, 0.2) is 47.4 Å². The minimum Gasteiger partial charge on any atom is -0.497 e. The molecule has 1 amide bonds. The molecule has 0 aliphatic carbocycles. The smallest absolute Gasteiger partial charge is 0.223 e. The van der Waals surface area contributed by atoms with E-state index in [1.165, 1.54) is 36.6 Å². The summed E-state index contributed by atoms with van der Waals surface area (Å²) < 4.78 is 44.7. The van der Waals surface area contributed by atoms with Crippen molar-refractivity contribution in [1.29, 1.82) is 0 Å². The first-order valence-corrected chi connectivity index (χ1v) is 12.3. The molecular weight excluding hydrogens is 441 g/mol. The van der Waals surface area contributed by atoms with Gasteiger partial charge in [0.2, 0.25) is 5.91 Å². The summed E-state index contributed by atoms with van der Waals surface area (Å²) in [7, 11) is -2.04. The van der Waals surface area contributed by atoms with Crippen LogP contribution in [0.25, 0.3) is 10.2 Å². The van der Waals surface area contributed by atoms with E-state index in [0.717, 1.165) is 9.83 Å². The Morgan fingerprint density at radius 2 is 1.84 bits per heavy atom. The third-order valence-electron chi connectivity index (χ3n) is 5.26. The van der Waals surface area contributed by atoms with Gasteiger partial charge in [-0.15, -0.1) is 0 Å².